The third-order valence-corrected chi connectivity index (χ3v) is 3.70. The molecule has 1 aliphatic rings. The van der Waals surface area contributed by atoms with Crippen LogP contribution >= 0.6 is 12.2 Å². The Morgan fingerprint density at radius 2 is 1.84 bits per heavy atom. The first-order valence-corrected chi connectivity index (χ1v) is 7.07. The number of likely N-dealkylation sites (tertiary alicyclic amines) is 1. The van der Waals surface area contributed by atoms with E-state index in [9.17, 15) is 9.59 Å². The third-order valence-electron chi connectivity index (χ3n) is 3.45. The quantitative estimate of drug-likeness (QED) is 0.752. The topological polar surface area (TPSA) is 66.6 Å². The van der Waals surface area contributed by atoms with Gasteiger partial charge in [0.05, 0.1) is 17.5 Å². The minimum Gasteiger partial charge on any atom is -0.393 e. The highest BCUT2D eigenvalue weighted by molar-refractivity contribution is 7.80. The summed E-state index contributed by atoms with van der Waals surface area (Å²) < 4.78 is 0. The Hall–Kier alpha value is -1.17. The van der Waals surface area contributed by atoms with Crippen molar-refractivity contribution in [3.8, 4) is 0 Å². The molecule has 0 radical (unpaired) electrons. The summed E-state index contributed by atoms with van der Waals surface area (Å²) in [6.07, 6.45) is 2.09. The Kier molecular flexibility index (Phi) is 5.72. The van der Waals surface area contributed by atoms with E-state index in [2.05, 4.69) is 0 Å². The molecule has 1 aliphatic heterocycles. The van der Waals surface area contributed by atoms with Crippen LogP contribution in [0.25, 0.3) is 0 Å². The summed E-state index contributed by atoms with van der Waals surface area (Å²) in [4.78, 5) is 27.7. The van der Waals surface area contributed by atoms with E-state index in [4.69, 9.17) is 18.0 Å². The molecule has 1 atom stereocenters. The fourth-order valence-corrected chi connectivity index (χ4v) is 2.69. The van der Waals surface area contributed by atoms with Crippen molar-refractivity contribution in [2.45, 2.75) is 26.7 Å². The molecule has 1 heterocycles. The van der Waals surface area contributed by atoms with Crippen molar-refractivity contribution in [2.75, 3.05) is 26.7 Å². The van der Waals surface area contributed by atoms with E-state index in [-0.39, 0.29) is 29.3 Å². The van der Waals surface area contributed by atoms with E-state index in [1.165, 1.54) is 4.90 Å². The monoisotopic (exact) mass is 285 g/mol. The van der Waals surface area contributed by atoms with Crippen LogP contribution in [0.4, 0.5) is 0 Å². The normalized spacial score (nSPS) is 16.5. The van der Waals surface area contributed by atoms with Gasteiger partial charge >= 0.3 is 0 Å². The molecule has 1 saturated heterocycles. The lowest BCUT2D eigenvalue weighted by Crippen LogP contribution is -2.46. The number of nitrogens with zero attached hydrogens (tertiary/aromatic N) is 2. The van der Waals surface area contributed by atoms with Crippen molar-refractivity contribution in [1.82, 2.24) is 9.80 Å². The second-order valence-electron chi connectivity index (χ2n) is 5.41. The molecule has 1 fully saturated rings. The second-order valence-corrected chi connectivity index (χ2v) is 5.88. The van der Waals surface area contributed by atoms with Crippen LogP contribution in [0, 0.1) is 11.8 Å². The number of nitrogens with two attached hydrogens (primary N) is 1. The Morgan fingerprint density at radius 3 is 2.26 bits per heavy atom. The molecule has 108 valence electrons. The molecular formula is C13H23N3O2S. The minimum atomic E-state index is -0.494. The fourth-order valence-electron chi connectivity index (χ4n) is 2.32. The Morgan fingerprint density at radius 1 is 1.32 bits per heavy atom. The van der Waals surface area contributed by atoms with Crippen LogP contribution in [-0.4, -0.2) is 53.3 Å². The van der Waals surface area contributed by atoms with Crippen LogP contribution in [0.3, 0.4) is 0 Å². The first-order chi connectivity index (χ1) is 8.84. The molecule has 2 N–H and O–H groups in total. The number of carbonyl (C=O) groups is 2. The Bertz CT molecular complexity index is 365. The molecule has 6 heteroatoms. The molecule has 0 aromatic heterocycles. The van der Waals surface area contributed by atoms with Gasteiger partial charge in [-0.05, 0) is 18.8 Å². The van der Waals surface area contributed by atoms with Gasteiger partial charge in [0.15, 0.2) is 0 Å². The zero-order valence-corrected chi connectivity index (χ0v) is 12.7. The van der Waals surface area contributed by atoms with Crippen molar-refractivity contribution in [3.63, 3.8) is 0 Å². The van der Waals surface area contributed by atoms with Gasteiger partial charge in [0.2, 0.25) is 11.8 Å². The SMILES string of the molecule is CC(C)C(C(=O)N(C)CC(=O)N1CCCC1)C(N)=S. The zero-order valence-electron chi connectivity index (χ0n) is 11.9. The summed E-state index contributed by atoms with van der Waals surface area (Å²) in [5, 5.41) is 0. The van der Waals surface area contributed by atoms with Crippen molar-refractivity contribution >= 4 is 29.0 Å². The smallest absolute Gasteiger partial charge is 0.242 e. The predicted octanol–water partition coefficient (Wildman–Crippen LogP) is 0.626. The Labute approximate surface area is 120 Å². The second kappa shape index (κ2) is 6.84. The van der Waals surface area contributed by atoms with E-state index >= 15 is 0 Å². The zero-order chi connectivity index (χ0) is 14.6. The van der Waals surface area contributed by atoms with Crippen LogP contribution in [0.5, 0.6) is 0 Å². The molecule has 0 saturated carbocycles. The van der Waals surface area contributed by atoms with Crippen LogP contribution in [-0.2, 0) is 9.59 Å². The lowest BCUT2D eigenvalue weighted by Gasteiger charge is -2.26. The molecule has 0 bridgehead atoms. The van der Waals surface area contributed by atoms with Gasteiger partial charge in [-0.1, -0.05) is 26.1 Å². The van der Waals surface area contributed by atoms with Gasteiger partial charge in [-0.15, -0.1) is 0 Å². The van der Waals surface area contributed by atoms with Gasteiger partial charge in [-0.2, -0.15) is 0 Å². The fraction of sp³-hybridized carbons (Fsp3) is 0.769. The lowest BCUT2D eigenvalue weighted by molar-refractivity contribution is -0.140. The van der Waals surface area contributed by atoms with Crippen LogP contribution in [0.15, 0.2) is 0 Å². The summed E-state index contributed by atoms with van der Waals surface area (Å²) in [6.45, 7) is 5.49. The van der Waals surface area contributed by atoms with Gasteiger partial charge in [-0.3, -0.25) is 9.59 Å². The number of carbonyl (C=O) groups excluding carboxylic acids is 2. The predicted molar refractivity (Wildman–Crippen MR) is 78.6 cm³/mol. The molecule has 1 unspecified atom stereocenters. The number of thiocarbonyl (C=S) groups is 1. The molecule has 0 aliphatic carbocycles. The van der Waals surface area contributed by atoms with Crippen molar-refractivity contribution in [2.24, 2.45) is 17.6 Å². The summed E-state index contributed by atoms with van der Waals surface area (Å²) in [7, 11) is 1.63. The molecule has 5 nitrogen and oxygen atoms in total. The van der Waals surface area contributed by atoms with Crippen molar-refractivity contribution in [3.05, 3.63) is 0 Å². The molecular weight excluding hydrogens is 262 g/mol. The highest BCUT2D eigenvalue weighted by Crippen LogP contribution is 2.15. The maximum Gasteiger partial charge on any atom is 0.242 e. The maximum atomic E-state index is 12.3. The number of amides is 2. The van der Waals surface area contributed by atoms with Crippen LogP contribution < -0.4 is 5.73 Å². The first-order valence-electron chi connectivity index (χ1n) is 6.66. The van der Waals surface area contributed by atoms with Gasteiger partial charge in [-0.25, -0.2) is 0 Å². The molecule has 0 aromatic carbocycles. The number of hydrogen-bond acceptors (Lipinski definition) is 3. The highest BCUT2D eigenvalue weighted by Gasteiger charge is 2.29. The molecule has 1 rings (SSSR count). The average Bonchev–Trinajstić information content (AvgIpc) is 2.80. The van der Waals surface area contributed by atoms with Gasteiger partial charge in [0.25, 0.3) is 0 Å². The number of rotatable bonds is 5. The lowest BCUT2D eigenvalue weighted by atomic mass is 9.94. The summed E-state index contributed by atoms with van der Waals surface area (Å²) in [6, 6.07) is 0. The Balaban J connectivity index is 2.60. The molecule has 0 spiro atoms. The van der Waals surface area contributed by atoms with E-state index in [1.54, 1.807) is 11.9 Å². The largest absolute Gasteiger partial charge is 0.393 e. The average molecular weight is 285 g/mol. The molecule has 19 heavy (non-hydrogen) atoms. The van der Waals surface area contributed by atoms with Gasteiger partial charge < -0.3 is 15.5 Å². The molecule has 0 aromatic rings. The van der Waals surface area contributed by atoms with Crippen LogP contribution in [0.1, 0.15) is 26.7 Å². The summed E-state index contributed by atoms with van der Waals surface area (Å²) in [5.41, 5.74) is 5.62. The minimum absolute atomic E-state index is 0.00111. The molecule has 2 amide bonds. The van der Waals surface area contributed by atoms with Gasteiger partial charge in [0, 0.05) is 20.1 Å². The van der Waals surface area contributed by atoms with Gasteiger partial charge in [0.1, 0.15) is 0 Å². The highest BCUT2D eigenvalue weighted by atomic mass is 32.1. The number of hydrogen-bond donors (Lipinski definition) is 1. The van der Waals surface area contributed by atoms with Crippen molar-refractivity contribution in [1.29, 1.82) is 0 Å². The van der Waals surface area contributed by atoms with E-state index in [0.717, 1.165) is 25.9 Å². The standard InChI is InChI=1S/C13H23N3O2S/c1-9(2)11(12(14)19)13(18)15(3)8-10(17)16-6-4-5-7-16/h9,11H,4-8H2,1-3H3,(H2,14,19). The summed E-state index contributed by atoms with van der Waals surface area (Å²) >= 11 is 4.94. The van der Waals surface area contributed by atoms with E-state index in [1.807, 2.05) is 13.8 Å². The van der Waals surface area contributed by atoms with Crippen molar-refractivity contribution < 1.29 is 9.59 Å². The van der Waals surface area contributed by atoms with E-state index in [0.29, 0.717) is 0 Å². The van der Waals surface area contributed by atoms with Crippen LogP contribution in [0.2, 0.25) is 0 Å². The first kappa shape index (κ1) is 15.9. The van der Waals surface area contributed by atoms with E-state index < -0.39 is 5.92 Å². The third kappa shape index (κ3) is 4.16. The maximum absolute atomic E-state index is 12.3. The number of likely N-dealkylation sites (N-methyl/N-ethyl adjacent to an activating group) is 1. The summed E-state index contributed by atoms with van der Waals surface area (Å²) in [5.74, 6) is -0.630.